The minimum atomic E-state index is 0.623. The molecule has 1 atom stereocenters. The second-order valence-corrected chi connectivity index (χ2v) is 5.83. The number of aromatic nitrogens is 2. The maximum atomic E-state index is 5.46. The third kappa shape index (κ3) is 3.31. The summed E-state index contributed by atoms with van der Waals surface area (Å²) >= 11 is 0. The molecule has 0 aliphatic carbocycles. The fourth-order valence-corrected chi connectivity index (χ4v) is 3.21. The van der Waals surface area contributed by atoms with Crippen LogP contribution in [-0.4, -0.2) is 47.7 Å². The minimum Gasteiger partial charge on any atom is -0.381 e. The highest BCUT2D eigenvalue weighted by atomic mass is 16.5. The number of piperidine rings is 1. The normalized spacial score (nSPS) is 25.8. The van der Waals surface area contributed by atoms with E-state index in [1.54, 1.807) is 0 Å². The van der Waals surface area contributed by atoms with Gasteiger partial charge in [-0.25, -0.2) is 9.97 Å². The molecule has 19 heavy (non-hydrogen) atoms. The molecule has 0 aromatic carbocycles. The summed E-state index contributed by atoms with van der Waals surface area (Å²) in [5.74, 6) is 2.28. The van der Waals surface area contributed by atoms with Gasteiger partial charge in [0.1, 0.15) is 5.82 Å². The van der Waals surface area contributed by atoms with Crippen LogP contribution in [0.25, 0.3) is 0 Å². The summed E-state index contributed by atoms with van der Waals surface area (Å²) < 4.78 is 5.46. The van der Waals surface area contributed by atoms with E-state index in [0.717, 1.165) is 25.0 Å². The molecule has 0 amide bonds. The summed E-state index contributed by atoms with van der Waals surface area (Å²) in [5, 5.41) is 0. The van der Waals surface area contributed by atoms with E-state index < -0.39 is 0 Å². The van der Waals surface area contributed by atoms with E-state index in [9.17, 15) is 0 Å². The standard InChI is InChI=1S/C15H23N3O/c1-12-16-6-2-15(17-12)14-3-7-18(8-4-14)10-13-5-9-19-11-13/h2,6,13-14H,3-5,7-11H2,1H3/t13-/m1/s1. The second-order valence-electron chi connectivity index (χ2n) is 5.83. The lowest BCUT2D eigenvalue weighted by atomic mass is 9.92. The lowest BCUT2D eigenvalue weighted by molar-refractivity contribution is 0.151. The molecular weight excluding hydrogens is 238 g/mol. The van der Waals surface area contributed by atoms with Crippen LogP contribution in [0.5, 0.6) is 0 Å². The van der Waals surface area contributed by atoms with Gasteiger partial charge in [0.25, 0.3) is 0 Å². The lowest BCUT2D eigenvalue weighted by Crippen LogP contribution is -2.36. The van der Waals surface area contributed by atoms with Crippen molar-refractivity contribution >= 4 is 0 Å². The Balaban J connectivity index is 1.51. The molecule has 4 heteroatoms. The summed E-state index contributed by atoms with van der Waals surface area (Å²) in [4.78, 5) is 11.4. The Morgan fingerprint density at radius 2 is 2.16 bits per heavy atom. The van der Waals surface area contributed by atoms with Crippen molar-refractivity contribution in [1.82, 2.24) is 14.9 Å². The summed E-state index contributed by atoms with van der Waals surface area (Å²) in [5.41, 5.74) is 1.23. The molecule has 0 unspecified atom stereocenters. The predicted octanol–water partition coefficient (Wildman–Crippen LogP) is 2.00. The molecule has 2 aliphatic heterocycles. The highest BCUT2D eigenvalue weighted by Gasteiger charge is 2.25. The SMILES string of the molecule is Cc1nccc(C2CCN(C[C@H]3CCOC3)CC2)n1. The van der Waals surface area contributed by atoms with Crippen LogP contribution in [-0.2, 0) is 4.74 Å². The van der Waals surface area contributed by atoms with Gasteiger partial charge in [0.05, 0.1) is 6.61 Å². The van der Waals surface area contributed by atoms with Gasteiger partial charge < -0.3 is 9.64 Å². The van der Waals surface area contributed by atoms with Gasteiger partial charge in [0.2, 0.25) is 0 Å². The van der Waals surface area contributed by atoms with E-state index in [-0.39, 0.29) is 0 Å². The Kier molecular flexibility index (Phi) is 4.09. The first-order valence-electron chi connectivity index (χ1n) is 7.41. The molecule has 0 spiro atoms. The van der Waals surface area contributed by atoms with Crippen molar-refractivity contribution in [2.24, 2.45) is 5.92 Å². The Morgan fingerprint density at radius 1 is 1.32 bits per heavy atom. The monoisotopic (exact) mass is 261 g/mol. The largest absolute Gasteiger partial charge is 0.381 e. The van der Waals surface area contributed by atoms with Gasteiger partial charge in [0.15, 0.2) is 0 Å². The van der Waals surface area contributed by atoms with E-state index in [0.29, 0.717) is 5.92 Å². The van der Waals surface area contributed by atoms with Gasteiger partial charge in [-0.3, -0.25) is 0 Å². The number of hydrogen-bond acceptors (Lipinski definition) is 4. The van der Waals surface area contributed by atoms with Crippen LogP contribution >= 0.6 is 0 Å². The van der Waals surface area contributed by atoms with Gasteiger partial charge in [-0.05, 0) is 51.3 Å². The maximum absolute atomic E-state index is 5.46. The first-order chi connectivity index (χ1) is 9.31. The van der Waals surface area contributed by atoms with Gasteiger partial charge in [-0.1, -0.05) is 0 Å². The Labute approximate surface area is 115 Å². The summed E-state index contributed by atoms with van der Waals surface area (Å²) in [6.45, 7) is 7.51. The van der Waals surface area contributed by atoms with E-state index in [2.05, 4.69) is 20.9 Å². The van der Waals surface area contributed by atoms with Gasteiger partial charge in [0, 0.05) is 31.0 Å². The van der Waals surface area contributed by atoms with Crippen LogP contribution in [0.2, 0.25) is 0 Å². The van der Waals surface area contributed by atoms with Crippen LogP contribution in [0.3, 0.4) is 0 Å². The lowest BCUT2D eigenvalue weighted by Gasteiger charge is -2.33. The fraction of sp³-hybridized carbons (Fsp3) is 0.733. The van der Waals surface area contributed by atoms with Crippen molar-refractivity contribution in [2.45, 2.75) is 32.1 Å². The summed E-state index contributed by atoms with van der Waals surface area (Å²) in [7, 11) is 0. The van der Waals surface area contributed by atoms with Crippen molar-refractivity contribution in [3.63, 3.8) is 0 Å². The number of hydrogen-bond donors (Lipinski definition) is 0. The van der Waals surface area contributed by atoms with E-state index in [4.69, 9.17) is 4.74 Å². The molecule has 1 aromatic rings. The highest BCUT2D eigenvalue weighted by molar-refractivity contribution is 5.09. The highest BCUT2D eigenvalue weighted by Crippen LogP contribution is 2.27. The molecule has 0 bridgehead atoms. The third-order valence-electron chi connectivity index (χ3n) is 4.34. The van der Waals surface area contributed by atoms with Gasteiger partial charge >= 0.3 is 0 Å². The molecule has 0 saturated carbocycles. The van der Waals surface area contributed by atoms with Crippen molar-refractivity contribution in [3.05, 3.63) is 23.8 Å². The van der Waals surface area contributed by atoms with Crippen LogP contribution in [0.15, 0.2) is 12.3 Å². The molecule has 3 rings (SSSR count). The number of likely N-dealkylation sites (tertiary alicyclic amines) is 1. The average Bonchev–Trinajstić information content (AvgIpc) is 2.92. The van der Waals surface area contributed by atoms with Crippen molar-refractivity contribution in [2.75, 3.05) is 32.8 Å². The number of nitrogens with zero attached hydrogens (tertiary/aromatic N) is 3. The Bertz CT molecular complexity index is 410. The van der Waals surface area contributed by atoms with Crippen LogP contribution in [0, 0.1) is 12.8 Å². The predicted molar refractivity (Wildman–Crippen MR) is 74.1 cm³/mol. The van der Waals surface area contributed by atoms with Crippen LogP contribution in [0.4, 0.5) is 0 Å². The zero-order valence-corrected chi connectivity index (χ0v) is 11.7. The Hall–Kier alpha value is -1.00. The van der Waals surface area contributed by atoms with Gasteiger partial charge in [-0.15, -0.1) is 0 Å². The topological polar surface area (TPSA) is 38.2 Å². The number of ether oxygens (including phenoxy) is 1. The molecule has 0 N–H and O–H groups in total. The average molecular weight is 261 g/mol. The van der Waals surface area contributed by atoms with Crippen LogP contribution in [0.1, 0.15) is 36.7 Å². The quantitative estimate of drug-likeness (QED) is 0.834. The van der Waals surface area contributed by atoms with Crippen molar-refractivity contribution in [1.29, 1.82) is 0 Å². The summed E-state index contributed by atoms with van der Waals surface area (Å²) in [6, 6.07) is 2.08. The van der Waals surface area contributed by atoms with E-state index >= 15 is 0 Å². The van der Waals surface area contributed by atoms with Crippen molar-refractivity contribution < 1.29 is 4.74 Å². The number of aryl methyl sites for hydroxylation is 1. The molecular formula is C15H23N3O. The molecule has 4 nitrogen and oxygen atoms in total. The molecule has 2 fully saturated rings. The first-order valence-corrected chi connectivity index (χ1v) is 7.41. The van der Waals surface area contributed by atoms with Crippen molar-refractivity contribution in [3.8, 4) is 0 Å². The van der Waals surface area contributed by atoms with E-state index in [1.807, 2.05) is 13.1 Å². The molecule has 2 aliphatic rings. The molecule has 104 valence electrons. The third-order valence-corrected chi connectivity index (χ3v) is 4.34. The van der Waals surface area contributed by atoms with Gasteiger partial charge in [-0.2, -0.15) is 0 Å². The van der Waals surface area contributed by atoms with Crippen LogP contribution < -0.4 is 0 Å². The fourth-order valence-electron chi connectivity index (χ4n) is 3.21. The molecule has 1 aromatic heterocycles. The minimum absolute atomic E-state index is 0.623. The smallest absolute Gasteiger partial charge is 0.125 e. The summed E-state index contributed by atoms with van der Waals surface area (Å²) in [6.07, 6.45) is 5.58. The first kappa shape index (κ1) is 13.0. The second kappa shape index (κ2) is 5.97. The molecule has 0 radical (unpaired) electrons. The maximum Gasteiger partial charge on any atom is 0.125 e. The zero-order chi connectivity index (χ0) is 13.1. The molecule has 2 saturated heterocycles. The zero-order valence-electron chi connectivity index (χ0n) is 11.7. The van der Waals surface area contributed by atoms with E-state index in [1.165, 1.54) is 44.6 Å². The Morgan fingerprint density at radius 3 is 2.84 bits per heavy atom. The molecule has 3 heterocycles. The number of rotatable bonds is 3.